The summed E-state index contributed by atoms with van der Waals surface area (Å²) in [6, 6.07) is 16.3. The quantitative estimate of drug-likeness (QED) is 0.196. The maximum atomic E-state index is 13.1. The fraction of sp³-hybridized carbons (Fsp3) is 0.389. The Morgan fingerprint density at radius 2 is 1.09 bits per heavy atom. The second kappa shape index (κ2) is 14.3. The van der Waals surface area contributed by atoms with Crippen LogP contribution in [0, 0.1) is 10.8 Å². The maximum absolute atomic E-state index is 13.1. The van der Waals surface area contributed by atoms with Crippen molar-refractivity contribution in [2.75, 3.05) is 6.61 Å². The molecule has 1 saturated carbocycles. The molecule has 1 aliphatic carbocycles. The van der Waals surface area contributed by atoms with E-state index in [1.165, 1.54) is 54.6 Å². The van der Waals surface area contributed by atoms with Gasteiger partial charge in [-0.2, -0.15) is 0 Å². The molecule has 46 heavy (non-hydrogen) atoms. The van der Waals surface area contributed by atoms with Gasteiger partial charge >= 0.3 is 23.9 Å². The van der Waals surface area contributed by atoms with E-state index in [0.29, 0.717) is 17.1 Å². The van der Waals surface area contributed by atoms with Crippen LogP contribution < -0.4 is 24.3 Å². The Labute approximate surface area is 269 Å². The molecule has 0 spiro atoms. The van der Waals surface area contributed by atoms with E-state index in [2.05, 4.69) is 5.32 Å². The third kappa shape index (κ3) is 9.24. The molecule has 0 saturated heterocycles. The van der Waals surface area contributed by atoms with E-state index in [9.17, 15) is 24.3 Å². The topological polar surface area (TPSA) is 137 Å². The number of carbonyl (C=O) groups excluding carboxylic acids is 4. The Morgan fingerprint density at radius 1 is 0.674 bits per heavy atom. The minimum Gasteiger partial charge on any atom is -0.426 e. The van der Waals surface area contributed by atoms with Crippen LogP contribution in [0.5, 0.6) is 23.0 Å². The zero-order chi connectivity index (χ0) is 33.6. The summed E-state index contributed by atoms with van der Waals surface area (Å²) in [5, 5.41) is 13.6. The van der Waals surface area contributed by atoms with E-state index in [1.54, 1.807) is 53.7 Å². The van der Waals surface area contributed by atoms with Crippen molar-refractivity contribution in [2.45, 2.75) is 72.9 Å². The van der Waals surface area contributed by atoms with Gasteiger partial charge in [-0.3, -0.25) is 9.59 Å². The molecule has 10 nitrogen and oxygen atoms in total. The first kappa shape index (κ1) is 34.3. The van der Waals surface area contributed by atoms with Crippen LogP contribution in [-0.4, -0.2) is 41.6 Å². The molecule has 4 rings (SSSR count). The molecule has 3 aromatic carbocycles. The van der Waals surface area contributed by atoms with Gasteiger partial charge in [0.25, 0.3) is 0 Å². The number of ether oxygens (including phenoxy) is 4. The lowest BCUT2D eigenvalue weighted by atomic mass is 9.91. The van der Waals surface area contributed by atoms with Crippen molar-refractivity contribution >= 4 is 23.9 Å². The second-order valence-electron chi connectivity index (χ2n) is 13.4. The number of hydrogen-bond donors (Lipinski definition) is 2. The molecular formula is C36H41NO9. The Balaban J connectivity index is 1.53. The summed E-state index contributed by atoms with van der Waals surface area (Å²) >= 11 is 0. The Hall–Kier alpha value is -4.54. The van der Waals surface area contributed by atoms with Crippen molar-refractivity contribution in [3.63, 3.8) is 0 Å². The Bertz CT molecular complexity index is 1460. The van der Waals surface area contributed by atoms with Crippen molar-refractivity contribution in [1.29, 1.82) is 0 Å². The first-order valence-corrected chi connectivity index (χ1v) is 15.2. The number of hydrogen-bond acceptors (Lipinski definition) is 10. The van der Waals surface area contributed by atoms with Crippen LogP contribution in [0.4, 0.5) is 0 Å². The highest BCUT2D eigenvalue weighted by atomic mass is 16.6. The smallest absolute Gasteiger partial charge is 0.343 e. The summed E-state index contributed by atoms with van der Waals surface area (Å²) in [5.74, 6) is -1.39. The third-order valence-corrected chi connectivity index (χ3v) is 7.28. The molecule has 3 aromatic rings. The molecule has 1 unspecified atom stereocenters. The summed E-state index contributed by atoms with van der Waals surface area (Å²) < 4.78 is 22.1. The number of nitrogens with one attached hydrogen (secondary N) is 1. The summed E-state index contributed by atoms with van der Waals surface area (Å²) in [6.45, 7) is 10.2. The summed E-state index contributed by atoms with van der Waals surface area (Å²) in [5.41, 5.74) is -0.394. The van der Waals surface area contributed by atoms with Gasteiger partial charge in [0.05, 0.1) is 34.6 Å². The molecule has 10 heteroatoms. The van der Waals surface area contributed by atoms with E-state index in [4.69, 9.17) is 18.9 Å². The molecular weight excluding hydrogens is 590 g/mol. The number of carbonyl (C=O) groups is 4. The largest absolute Gasteiger partial charge is 0.426 e. The highest BCUT2D eigenvalue weighted by Gasteiger charge is 2.26. The highest BCUT2D eigenvalue weighted by molar-refractivity contribution is 5.92. The SMILES string of the molecule is CC(C)(C)C(=O)Oc1ccc(C(=O)Oc2cc(OC(=O)c3ccc(OC(=O)C(C)(C)C)cc3)cc(C(CO)NC3CCC3)c2)cc1. The fourth-order valence-corrected chi connectivity index (χ4v) is 4.20. The molecule has 0 amide bonds. The van der Waals surface area contributed by atoms with Gasteiger partial charge in [0.15, 0.2) is 0 Å². The lowest BCUT2D eigenvalue weighted by Crippen LogP contribution is -2.39. The van der Waals surface area contributed by atoms with Gasteiger partial charge in [0, 0.05) is 12.1 Å². The first-order valence-electron chi connectivity index (χ1n) is 15.2. The highest BCUT2D eigenvalue weighted by Crippen LogP contribution is 2.31. The number of aliphatic hydroxyl groups excluding tert-OH is 1. The van der Waals surface area contributed by atoms with Gasteiger partial charge in [0.1, 0.15) is 23.0 Å². The van der Waals surface area contributed by atoms with Crippen molar-refractivity contribution in [2.24, 2.45) is 10.8 Å². The van der Waals surface area contributed by atoms with Gasteiger partial charge in [-0.25, -0.2) is 9.59 Å². The molecule has 1 aliphatic rings. The Kier molecular flexibility index (Phi) is 10.6. The summed E-state index contributed by atoms with van der Waals surface area (Å²) in [7, 11) is 0. The van der Waals surface area contributed by atoms with Crippen LogP contribution in [0.15, 0.2) is 66.7 Å². The van der Waals surface area contributed by atoms with E-state index >= 15 is 0 Å². The van der Waals surface area contributed by atoms with E-state index in [-0.39, 0.29) is 35.3 Å². The van der Waals surface area contributed by atoms with Gasteiger partial charge in [-0.1, -0.05) is 6.42 Å². The Morgan fingerprint density at radius 3 is 1.41 bits per heavy atom. The monoisotopic (exact) mass is 631 g/mol. The normalized spacial score (nSPS) is 14.1. The average Bonchev–Trinajstić information content (AvgIpc) is 2.96. The lowest BCUT2D eigenvalue weighted by molar-refractivity contribution is -0.143. The van der Waals surface area contributed by atoms with Crippen LogP contribution >= 0.6 is 0 Å². The number of esters is 4. The fourth-order valence-electron chi connectivity index (χ4n) is 4.20. The van der Waals surface area contributed by atoms with E-state index in [0.717, 1.165) is 19.3 Å². The van der Waals surface area contributed by atoms with Gasteiger partial charge in [-0.05, 0) is 121 Å². The van der Waals surface area contributed by atoms with Gasteiger partial charge in [-0.15, -0.1) is 0 Å². The summed E-state index contributed by atoms with van der Waals surface area (Å²) in [6.07, 6.45) is 3.06. The first-order chi connectivity index (χ1) is 21.6. The molecule has 1 atom stereocenters. The zero-order valence-electron chi connectivity index (χ0n) is 27.0. The lowest BCUT2D eigenvalue weighted by Gasteiger charge is -2.31. The zero-order valence-corrected chi connectivity index (χ0v) is 27.0. The van der Waals surface area contributed by atoms with Crippen molar-refractivity contribution in [1.82, 2.24) is 5.32 Å². The predicted octanol–water partition coefficient (Wildman–Crippen LogP) is 6.20. The molecule has 0 aromatic heterocycles. The van der Waals surface area contributed by atoms with Crippen LogP contribution in [0.25, 0.3) is 0 Å². The van der Waals surface area contributed by atoms with Crippen LogP contribution in [0.2, 0.25) is 0 Å². The van der Waals surface area contributed by atoms with Crippen molar-refractivity contribution < 1.29 is 43.2 Å². The van der Waals surface area contributed by atoms with E-state index in [1.807, 2.05) is 0 Å². The number of benzene rings is 3. The maximum Gasteiger partial charge on any atom is 0.343 e. The molecule has 0 bridgehead atoms. The van der Waals surface area contributed by atoms with Crippen molar-refractivity contribution in [3.05, 3.63) is 83.4 Å². The van der Waals surface area contributed by atoms with Crippen molar-refractivity contribution in [3.8, 4) is 23.0 Å². The molecule has 0 radical (unpaired) electrons. The second-order valence-corrected chi connectivity index (χ2v) is 13.4. The van der Waals surface area contributed by atoms with Crippen LogP contribution in [-0.2, 0) is 9.59 Å². The molecule has 0 heterocycles. The summed E-state index contributed by atoms with van der Waals surface area (Å²) in [4.78, 5) is 50.5. The molecule has 1 fully saturated rings. The molecule has 244 valence electrons. The van der Waals surface area contributed by atoms with Gasteiger partial charge < -0.3 is 29.4 Å². The molecule has 0 aliphatic heterocycles. The van der Waals surface area contributed by atoms with Crippen LogP contribution in [0.3, 0.4) is 0 Å². The number of aliphatic hydroxyl groups is 1. The number of rotatable bonds is 10. The van der Waals surface area contributed by atoms with Gasteiger partial charge in [0.2, 0.25) is 0 Å². The van der Waals surface area contributed by atoms with E-state index < -0.39 is 40.7 Å². The molecule has 2 N–H and O–H groups in total. The standard InChI is InChI=1S/C36H41NO9/c1-35(2,3)33(41)45-26-14-10-22(11-15-26)31(39)43-28-18-24(30(21-38)37-25-8-7-9-25)19-29(20-28)44-32(40)23-12-16-27(17-13-23)46-34(42)36(4,5)6/h10-20,25,30,37-38H,7-9,21H2,1-6H3. The third-order valence-electron chi connectivity index (χ3n) is 7.28. The van der Waals surface area contributed by atoms with Crippen LogP contribution in [0.1, 0.15) is 93.1 Å². The minimum atomic E-state index is -0.686. The minimum absolute atomic E-state index is 0.104. The predicted molar refractivity (Wildman–Crippen MR) is 170 cm³/mol. The average molecular weight is 632 g/mol.